The van der Waals surface area contributed by atoms with E-state index in [1.54, 1.807) is 0 Å². The molecule has 0 amide bonds. The van der Waals surface area contributed by atoms with E-state index in [9.17, 15) is 0 Å². The second kappa shape index (κ2) is 4.03. The zero-order valence-corrected chi connectivity index (χ0v) is 11.9. The van der Waals surface area contributed by atoms with Gasteiger partial charge in [-0.1, -0.05) is 0 Å². The molecule has 6 heteroatoms. The second-order valence-corrected chi connectivity index (χ2v) is 5.94. The average molecular weight is 324 g/mol. The molecule has 1 saturated carbocycles. The topological polar surface area (TPSA) is 60.1 Å². The Morgan fingerprint density at radius 1 is 1.32 bits per heavy atom. The fourth-order valence-corrected chi connectivity index (χ4v) is 3.32. The third kappa shape index (κ3) is 1.77. The van der Waals surface area contributed by atoms with Crippen molar-refractivity contribution in [1.82, 2.24) is 4.90 Å². The van der Waals surface area contributed by atoms with E-state index in [4.69, 9.17) is 15.2 Å². The van der Waals surface area contributed by atoms with E-state index in [0.717, 1.165) is 16.0 Å². The van der Waals surface area contributed by atoms with E-state index in [2.05, 4.69) is 31.9 Å². The summed E-state index contributed by atoms with van der Waals surface area (Å²) in [6.07, 6.45) is 2.41. The van der Waals surface area contributed by atoms with Gasteiger partial charge in [0.15, 0.2) is 17.5 Å². The third-order valence-electron chi connectivity index (χ3n) is 3.80. The molecule has 4 rings (SSSR count). The molecule has 0 aromatic heterocycles. The molecule has 0 saturated heterocycles. The number of nitrogens with zero attached hydrogens (tertiary/aromatic N) is 2. The minimum atomic E-state index is 0.221. The first-order valence-electron chi connectivity index (χ1n) is 6.41. The van der Waals surface area contributed by atoms with Crippen molar-refractivity contribution in [3.05, 3.63) is 22.2 Å². The van der Waals surface area contributed by atoms with Crippen LogP contribution in [0.5, 0.6) is 11.5 Å². The molecular weight excluding hydrogens is 310 g/mol. The summed E-state index contributed by atoms with van der Waals surface area (Å²) >= 11 is 3.54. The first-order valence-corrected chi connectivity index (χ1v) is 7.20. The molecular formula is C13H14BrN3O2. The lowest BCUT2D eigenvalue weighted by Crippen LogP contribution is -2.37. The van der Waals surface area contributed by atoms with Crippen LogP contribution in [0.3, 0.4) is 0 Å². The normalized spacial score (nSPS) is 24.8. The number of hydrogen-bond donors (Lipinski definition) is 1. The fraction of sp³-hybridized carbons (Fsp3) is 0.462. The van der Waals surface area contributed by atoms with Gasteiger partial charge in [-0.25, -0.2) is 0 Å². The molecule has 0 radical (unpaired) electrons. The van der Waals surface area contributed by atoms with Crippen LogP contribution in [0.1, 0.15) is 24.4 Å². The molecule has 0 spiro atoms. The Morgan fingerprint density at radius 3 is 2.95 bits per heavy atom. The van der Waals surface area contributed by atoms with Crippen LogP contribution in [-0.4, -0.2) is 30.2 Å². The van der Waals surface area contributed by atoms with E-state index in [1.807, 2.05) is 6.07 Å². The number of guanidine groups is 1. The highest BCUT2D eigenvalue weighted by Gasteiger charge is 2.39. The zero-order valence-electron chi connectivity index (χ0n) is 10.3. The maximum Gasteiger partial charge on any atom is 0.231 e. The summed E-state index contributed by atoms with van der Waals surface area (Å²) in [5, 5.41) is 0. The van der Waals surface area contributed by atoms with Gasteiger partial charge in [0.25, 0.3) is 0 Å². The Hall–Kier alpha value is -1.43. The van der Waals surface area contributed by atoms with Gasteiger partial charge < -0.3 is 20.1 Å². The summed E-state index contributed by atoms with van der Waals surface area (Å²) in [7, 11) is 0. The van der Waals surface area contributed by atoms with Gasteiger partial charge in [0.2, 0.25) is 6.79 Å². The lowest BCUT2D eigenvalue weighted by Gasteiger charge is -2.26. The molecule has 1 aromatic rings. The van der Waals surface area contributed by atoms with Crippen LogP contribution in [0.15, 0.2) is 21.6 Å². The highest BCUT2D eigenvalue weighted by Crippen LogP contribution is 2.44. The molecule has 5 nitrogen and oxygen atoms in total. The molecule has 3 aliphatic rings. The van der Waals surface area contributed by atoms with E-state index < -0.39 is 0 Å². The van der Waals surface area contributed by atoms with Crippen LogP contribution < -0.4 is 15.2 Å². The number of hydrogen-bond acceptors (Lipinski definition) is 5. The standard InChI is InChI=1S/C13H14BrN3O2/c14-9-3-7(4-11-12(9)19-6-18-11)10-5-16-13(15)17(10)8-1-2-8/h3-4,8,10H,1-2,5-6H2,(H2,15,16). The molecule has 1 unspecified atom stereocenters. The minimum Gasteiger partial charge on any atom is -0.454 e. The number of nitrogens with two attached hydrogens (primary N) is 1. The number of fused-ring (bicyclic) bond motifs is 1. The highest BCUT2D eigenvalue weighted by molar-refractivity contribution is 9.10. The average Bonchev–Trinajstić information content (AvgIpc) is 2.97. The maximum atomic E-state index is 6.01. The van der Waals surface area contributed by atoms with Gasteiger partial charge in [-0.2, -0.15) is 0 Å². The number of ether oxygens (including phenoxy) is 2. The smallest absolute Gasteiger partial charge is 0.231 e. The number of aliphatic imine (C=N–C) groups is 1. The molecule has 1 aliphatic carbocycles. The summed E-state index contributed by atoms with van der Waals surface area (Å²) in [6.45, 7) is 1.00. The van der Waals surface area contributed by atoms with Crippen molar-refractivity contribution in [3.8, 4) is 11.5 Å². The molecule has 1 aromatic carbocycles. The van der Waals surface area contributed by atoms with Crippen LogP contribution in [0.25, 0.3) is 0 Å². The maximum absolute atomic E-state index is 6.01. The fourth-order valence-electron chi connectivity index (χ4n) is 2.75. The molecule has 1 fully saturated rings. The molecule has 2 N–H and O–H groups in total. The van der Waals surface area contributed by atoms with E-state index in [1.165, 1.54) is 18.4 Å². The lowest BCUT2D eigenvalue weighted by atomic mass is 10.1. The number of rotatable bonds is 2. The van der Waals surface area contributed by atoms with E-state index in [0.29, 0.717) is 18.5 Å². The van der Waals surface area contributed by atoms with Crippen LogP contribution in [-0.2, 0) is 0 Å². The first kappa shape index (κ1) is 11.4. The zero-order chi connectivity index (χ0) is 13.0. The van der Waals surface area contributed by atoms with Crippen molar-refractivity contribution in [3.63, 3.8) is 0 Å². The summed E-state index contributed by atoms with van der Waals surface area (Å²) in [5.74, 6) is 2.25. The van der Waals surface area contributed by atoms with E-state index >= 15 is 0 Å². The van der Waals surface area contributed by atoms with Crippen molar-refractivity contribution in [1.29, 1.82) is 0 Å². The van der Waals surface area contributed by atoms with Crippen molar-refractivity contribution in [2.75, 3.05) is 13.3 Å². The molecule has 1 atom stereocenters. The molecule has 0 bridgehead atoms. The van der Waals surface area contributed by atoms with Crippen LogP contribution in [0.2, 0.25) is 0 Å². The Kier molecular flexibility index (Phi) is 2.42. The third-order valence-corrected chi connectivity index (χ3v) is 4.39. The number of halogens is 1. The Labute approximate surface area is 119 Å². The quantitative estimate of drug-likeness (QED) is 0.904. The van der Waals surface area contributed by atoms with Crippen LogP contribution in [0.4, 0.5) is 0 Å². The summed E-state index contributed by atoms with van der Waals surface area (Å²) < 4.78 is 11.8. The van der Waals surface area contributed by atoms with Gasteiger partial charge in [0.1, 0.15) is 0 Å². The summed E-state index contributed by atoms with van der Waals surface area (Å²) in [4.78, 5) is 6.63. The van der Waals surface area contributed by atoms with Crippen molar-refractivity contribution in [2.45, 2.75) is 24.9 Å². The van der Waals surface area contributed by atoms with Gasteiger partial charge >= 0.3 is 0 Å². The highest BCUT2D eigenvalue weighted by atomic mass is 79.9. The predicted octanol–water partition coefficient (Wildman–Crippen LogP) is 2.01. The van der Waals surface area contributed by atoms with Crippen molar-refractivity contribution in [2.24, 2.45) is 10.7 Å². The van der Waals surface area contributed by atoms with Crippen molar-refractivity contribution >= 4 is 21.9 Å². The molecule has 2 aliphatic heterocycles. The van der Waals surface area contributed by atoms with Crippen LogP contribution in [0, 0.1) is 0 Å². The van der Waals surface area contributed by atoms with Gasteiger partial charge in [-0.3, -0.25) is 4.99 Å². The monoisotopic (exact) mass is 323 g/mol. The lowest BCUT2D eigenvalue weighted by molar-refractivity contribution is 0.173. The summed E-state index contributed by atoms with van der Waals surface area (Å²) in [5.41, 5.74) is 7.18. The second-order valence-electron chi connectivity index (χ2n) is 5.09. The molecule has 2 heterocycles. The van der Waals surface area contributed by atoms with Gasteiger partial charge in [0.05, 0.1) is 17.1 Å². The Morgan fingerprint density at radius 2 is 2.16 bits per heavy atom. The van der Waals surface area contributed by atoms with Gasteiger partial charge in [-0.05, 0) is 46.5 Å². The summed E-state index contributed by atoms with van der Waals surface area (Å²) in [6, 6.07) is 4.90. The molecule has 19 heavy (non-hydrogen) atoms. The largest absolute Gasteiger partial charge is 0.454 e. The van der Waals surface area contributed by atoms with Gasteiger partial charge in [0, 0.05) is 6.04 Å². The molecule has 100 valence electrons. The SMILES string of the molecule is NC1=NCC(c2cc(Br)c3c(c2)OCO3)N1C1CC1. The minimum absolute atomic E-state index is 0.221. The van der Waals surface area contributed by atoms with Gasteiger partial charge in [-0.15, -0.1) is 0 Å². The Balaban J connectivity index is 1.71. The Bertz CT molecular complexity index is 571. The van der Waals surface area contributed by atoms with Crippen molar-refractivity contribution < 1.29 is 9.47 Å². The number of benzene rings is 1. The predicted molar refractivity (Wildman–Crippen MR) is 74.4 cm³/mol. The van der Waals surface area contributed by atoms with Crippen LogP contribution >= 0.6 is 15.9 Å². The first-order chi connectivity index (χ1) is 9.24. The van der Waals surface area contributed by atoms with E-state index in [-0.39, 0.29) is 12.8 Å².